The summed E-state index contributed by atoms with van der Waals surface area (Å²) in [5.41, 5.74) is 6.60. The normalized spacial score (nSPS) is 15.2. The molecule has 0 saturated carbocycles. The molecular weight excluding hydrogens is 450 g/mol. The van der Waals surface area contributed by atoms with Crippen molar-refractivity contribution in [2.24, 2.45) is 17.1 Å². The van der Waals surface area contributed by atoms with Crippen LogP contribution in [0.15, 0.2) is 65.6 Å². The van der Waals surface area contributed by atoms with E-state index in [0.29, 0.717) is 6.42 Å². The lowest BCUT2D eigenvalue weighted by atomic mass is 9.86. The van der Waals surface area contributed by atoms with E-state index in [0.717, 1.165) is 5.56 Å². The molecule has 0 heterocycles. The van der Waals surface area contributed by atoms with Gasteiger partial charge in [0.1, 0.15) is 0 Å². The predicted molar refractivity (Wildman–Crippen MR) is 136 cm³/mol. The highest BCUT2D eigenvalue weighted by molar-refractivity contribution is 7.89. The minimum absolute atomic E-state index is 0.0437. The first-order valence-corrected chi connectivity index (χ1v) is 13.1. The number of hydrogen-bond donors (Lipinski definition) is 3. The minimum Gasteiger partial charge on any atom is -0.390 e. The molecule has 0 radical (unpaired) electrons. The molecule has 7 nitrogen and oxygen atoms in total. The second-order valence-corrected chi connectivity index (χ2v) is 12.2. The summed E-state index contributed by atoms with van der Waals surface area (Å²) < 4.78 is 28.0. The van der Waals surface area contributed by atoms with Crippen LogP contribution in [-0.2, 0) is 21.2 Å². The number of nitrogens with one attached hydrogen (secondary N) is 1. The van der Waals surface area contributed by atoms with E-state index in [1.54, 1.807) is 30.3 Å². The summed E-state index contributed by atoms with van der Waals surface area (Å²) >= 11 is 0. The number of sulfonamides is 1. The summed E-state index contributed by atoms with van der Waals surface area (Å²) in [6, 6.07) is 16.1. The Labute approximate surface area is 204 Å². The Morgan fingerprint density at radius 1 is 1.00 bits per heavy atom. The fourth-order valence-corrected chi connectivity index (χ4v) is 5.22. The molecule has 0 saturated heterocycles. The van der Waals surface area contributed by atoms with Crippen molar-refractivity contribution in [2.75, 3.05) is 13.1 Å². The van der Waals surface area contributed by atoms with Gasteiger partial charge in [-0.2, -0.15) is 4.31 Å². The van der Waals surface area contributed by atoms with Crippen molar-refractivity contribution in [2.45, 2.75) is 64.1 Å². The predicted octanol–water partition coefficient (Wildman–Crippen LogP) is 2.80. The molecule has 0 aliphatic heterocycles. The van der Waals surface area contributed by atoms with Gasteiger partial charge in [0.25, 0.3) is 0 Å². The van der Waals surface area contributed by atoms with Crippen LogP contribution in [0.5, 0.6) is 0 Å². The molecule has 1 amide bonds. The summed E-state index contributed by atoms with van der Waals surface area (Å²) in [5, 5.41) is 14.1. The van der Waals surface area contributed by atoms with E-state index in [-0.39, 0.29) is 29.8 Å². The molecule has 0 spiro atoms. The number of benzene rings is 2. The Bertz CT molecular complexity index is 1010. The molecule has 0 unspecified atom stereocenters. The Balaban J connectivity index is 2.32. The number of aliphatic hydroxyl groups is 1. The smallest absolute Gasteiger partial charge is 0.243 e. The molecule has 2 aromatic rings. The molecule has 0 aromatic heterocycles. The van der Waals surface area contributed by atoms with E-state index >= 15 is 0 Å². The number of carbonyl (C=O) groups is 1. The largest absolute Gasteiger partial charge is 0.390 e. The van der Waals surface area contributed by atoms with Crippen molar-refractivity contribution < 1.29 is 18.3 Å². The first kappa shape index (κ1) is 28.0. The number of hydrogen-bond acceptors (Lipinski definition) is 5. The molecule has 0 aliphatic carbocycles. The van der Waals surface area contributed by atoms with Gasteiger partial charge in [-0.1, -0.05) is 83.1 Å². The van der Waals surface area contributed by atoms with Crippen LogP contribution in [-0.4, -0.2) is 55.0 Å². The average molecular weight is 490 g/mol. The van der Waals surface area contributed by atoms with E-state index in [2.05, 4.69) is 5.32 Å². The summed E-state index contributed by atoms with van der Waals surface area (Å²) in [4.78, 5) is 13.1. The van der Waals surface area contributed by atoms with Crippen molar-refractivity contribution in [1.29, 1.82) is 0 Å². The van der Waals surface area contributed by atoms with E-state index in [9.17, 15) is 18.3 Å². The van der Waals surface area contributed by atoms with Gasteiger partial charge < -0.3 is 16.2 Å². The summed E-state index contributed by atoms with van der Waals surface area (Å²) in [7, 11) is -3.83. The minimum atomic E-state index is -3.83. The van der Waals surface area contributed by atoms with Crippen molar-refractivity contribution >= 4 is 15.9 Å². The summed E-state index contributed by atoms with van der Waals surface area (Å²) in [6.45, 7) is 9.54. The SMILES string of the molecule is CC(C)CN(C[C@@H](O)[C@H](Cc1ccccc1)NC(=O)[C@@H](N)C(C)(C)C)S(=O)(=O)c1ccccc1. The second kappa shape index (κ2) is 11.9. The van der Waals surface area contributed by atoms with Gasteiger partial charge in [0, 0.05) is 13.1 Å². The van der Waals surface area contributed by atoms with Crippen LogP contribution < -0.4 is 11.1 Å². The number of amides is 1. The van der Waals surface area contributed by atoms with Crippen molar-refractivity contribution in [3.8, 4) is 0 Å². The zero-order chi connectivity index (χ0) is 25.5. The Morgan fingerprint density at radius 2 is 1.53 bits per heavy atom. The topological polar surface area (TPSA) is 113 Å². The maximum absolute atomic E-state index is 13.4. The molecule has 0 aliphatic rings. The van der Waals surface area contributed by atoms with E-state index in [1.807, 2.05) is 65.0 Å². The fourth-order valence-electron chi connectivity index (χ4n) is 3.57. The monoisotopic (exact) mass is 489 g/mol. The third-order valence-electron chi connectivity index (χ3n) is 5.65. The third-order valence-corrected chi connectivity index (χ3v) is 7.49. The number of carbonyl (C=O) groups excluding carboxylic acids is 1. The van der Waals surface area contributed by atoms with Gasteiger partial charge in [-0.25, -0.2) is 8.42 Å². The van der Waals surface area contributed by atoms with Crippen LogP contribution >= 0.6 is 0 Å². The first-order valence-electron chi connectivity index (χ1n) is 11.7. The van der Waals surface area contributed by atoms with Crippen LogP contribution in [0.25, 0.3) is 0 Å². The highest BCUT2D eigenvalue weighted by Crippen LogP contribution is 2.20. The molecule has 2 rings (SSSR count). The van der Waals surface area contributed by atoms with Crippen LogP contribution in [0.2, 0.25) is 0 Å². The highest BCUT2D eigenvalue weighted by Gasteiger charge is 2.34. The number of nitrogens with zero attached hydrogens (tertiary/aromatic N) is 1. The number of nitrogens with two attached hydrogens (primary N) is 1. The van der Waals surface area contributed by atoms with E-state index in [4.69, 9.17) is 5.73 Å². The van der Waals surface area contributed by atoms with Crippen molar-refractivity contribution in [1.82, 2.24) is 9.62 Å². The Hall–Kier alpha value is -2.26. The molecule has 188 valence electrons. The van der Waals surface area contributed by atoms with Gasteiger partial charge in [0.15, 0.2) is 0 Å². The fraction of sp³-hybridized carbons (Fsp3) is 0.500. The van der Waals surface area contributed by atoms with Crippen molar-refractivity contribution in [3.63, 3.8) is 0 Å². The Kier molecular flexibility index (Phi) is 9.82. The molecule has 0 fully saturated rings. The number of rotatable bonds is 11. The average Bonchev–Trinajstić information content (AvgIpc) is 2.77. The van der Waals surface area contributed by atoms with Gasteiger partial charge >= 0.3 is 0 Å². The molecule has 8 heteroatoms. The molecule has 0 bridgehead atoms. The van der Waals surface area contributed by atoms with Gasteiger partial charge in [-0.05, 0) is 35.4 Å². The van der Waals surface area contributed by atoms with Crippen LogP contribution in [0, 0.1) is 11.3 Å². The number of aliphatic hydroxyl groups excluding tert-OH is 1. The lowest BCUT2D eigenvalue weighted by Gasteiger charge is -2.33. The third kappa shape index (κ3) is 7.91. The Morgan fingerprint density at radius 3 is 2.03 bits per heavy atom. The second-order valence-electron chi connectivity index (χ2n) is 10.2. The first-order chi connectivity index (χ1) is 15.8. The molecule has 2 aromatic carbocycles. The van der Waals surface area contributed by atoms with Gasteiger partial charge in [0.05, 0.1) is 23.1 Å². The van der Waals surface area contributed by atoms with E-state index < -0.39 is 33.6 Å². The van der Waals surface area contributed by atoms with E-state index in [1.165, 1.54) is 4.31 Å². The quantitative estimate of drug-likeness (QED) is 0.449. The standard InChI is InChI=1S/C26H39N3O4S/c1-19(2)17-29(34(32,33)21-14-10-7-11-15-21)18-23(30)22(16-20-12-8-6-9-13-20)28-25(31)24(27)26(3,4)5/h6-15,19,22-24,30H,16-18,27H2,1-5H3,(H,28,31)/t22-,23+,24+/m0/s1. The van der Waals surface area contributed by atoms with Gasteiger partial charge in [-0.3, -0.25) is 4.79 Å². The van der Waals surface area contributed by atoms with Crippen molar-refractivity contribution in [3.05, 3.63) is 66.2 Å². The lowest BCUT2D eigenvalue weighted by Crippen LogP contribution is -2.56. The molecular formula is C26H39N3O4S. The highest BCUT2D eigenvalue weighted by atomic mass is 32.2. The maximum Gasteiger partial charge on any atom is 0.243 e. The van der Waals surface area contributed by atoms with Crippen LogP contribution in [0.3, 0.4) is 0 Å². The lowest BCUT2D eigenvalue weighted by molar-refractivity contribution is -0.126. The summed E-state index contributed by atoms with van der Waals surface area (Å²) in [6.07, 6.45) is -0.806. The zero-order valence-electron chi connectivity index (χ0n) is 20.8. The van der Waals surface area contributed by atoms with Gasteiger partial charge in [0.2, 0.25) is 15.9 Å². The molecule has 34 heavy (non-hydrogen) atoms. The molecule has 3 atom stereocenters. The van der Waals surface area contributed by atoms with Gasteiger partial charge in [-0.15, -0.1) is 0 Å². The van der Waals surface area contributed by atoms with Crippen LogP contribution in [0.1, 0.15) is 40.2 Å². The summed E-state index contributed by atoms with van der Waals surface area (Å²) in [5.74, 6) is -0.337. The zero-order valence-corrected chi connectivity index (χ0v) is 21.6. The molecule has 4 N–H and O–H groups in total. The van der Waals surface area contributed by atoms with Crippen LogP contribution in [0.4, 0.5) is 0 Å². The maximum atomic E-state index is 13.4.